The zero-order valence-corrected chi connectivity index (χ0v) is 11.4. The smallest absolute Gasteiger partial charge is 0.224 e. The molecule has 1 aromatic carbocycles. The van der Waals surface area contributed by atoms with Crippen LogP contribution in [-0.4, -0.2) is 35.2 Å². The summed E-state index contributed by atoms with van der Waals surface area (Å²) in [7, 11) is -0.881. The van der Waals surface area contributed by atoms with Gasteiger partial charge in [0.2, 0.25) is 5.91 Å². The molecule has 0 saturated heterocycles. The van der Waals surface area contributed by atoms with Gasteiger partial charge in [0.05, 0.1) is 5.92 Å². The van der Waals surface area contributed by atoms with Crippen molar-refractivity contribution in [3.05, 3.63) is 35.9 Å². The van der Waals surface area contributed by atoms with E-state index in [1.54, 1.807) is 6.26 Å². The Kier molecular flexibility index (Phi) is 6.60. The fourth-order valence-electron chi connectivity index (χ4n) is 1.64. The van der Waals surface area contributed by atoms with Crippen LogP contribution >= 0.6 is 0 Å². The van der Waals surface area contributed by atoms with E-state index in [0.717, 1.165) is 5.56 Å². The predicted molar refractivity (Wildman–Crippen MR) is 74.6 cm³/mol. The first-order valence-electron chi connectivity index (χ1n) is 5.95. The lowest BCUT2D eigenvalue weighted by molar-refractivity contribution is -0.124. The lowest BCUT2D eigenvalue weighted by Gasteiger charge is -2.14. The number of carbonyl (C=O) groups excluding carboxylic acids is 1. The Hall–Kier alpha value is -1.20. The molecule has 0 spiro atoms. The van der Waals surface area contributed by atoms with Crippen LogP contribution < -0.4 is 11.1 Å². The molecule has 0 aliphatic carbocycles. The molecule has 3 N–H and O–H groups in total. The van der Waals surface area contributed by atoms with Crippen LogP contribution in [0, 0.1) is 5.92 Å². The molecular weight excluding hydrogens is 248 g/mol. The normalized spacial score (nSPS) is 13.9. The lowest BCUT2D eigenvalue weighted by atomic mass is 9.99. The van der Waals surface area contributed by atoms with Crippen molar-refractivity contribution in [1.29, 1.82) is 0 Å². The highest BCUT2D eigenvalue weighted by atomic mass is 32.2. The standard InChI is InChI=1S/C13H20N2O2S/c1-18(17)8-7-15-13(16)12(10-14)9-11-5-3-2-4-6-11/h2-6,12H,7-10,14H2,1H3,(H,15,16). The molecule has 2 unspecified atom stereocenters. The maximum absolute atomic E-state index is 11.9. The molecule has 18 heavy (non-hydrogen) atoms. The Morgan fingerprint density at radius 2 is 2.06 bits per heavy atom. The second-order valence-electron chi connectivity index (χ2n) is 4.19. The highest BCUT2D eigenvalue weighted by Crippen LogP contribution is 2.07. The van der Waals surface area contributed by atoms with Crippen LogP contribution in [0.5, 0.6) is 0 Å². The number of carbonyl (C=O) groups is 1. The van der Waals surface area contributed by atoms with E-state index in [4.69, 9.17) is 5.73 Å². The number of hydrogen-bond acceptors (Lipinski definition) is 3. The van der Waals surface area contributed by atoms with E-state index >= 15 is 0 Å². The molecule has 0 saturated carbocycles. The Balaban J connectivity index is 2.45. The van der Waals surface area contributed by atoms with Gasteiger partial charge in [0.25, 0.3) is 0 Å². The first-order chi connectivity index (χ1) is 8.63. The van der Waals surface area contributed by atoms with E-state index in [1.165, 1.54) is 0 Å². The zero-order valence-electron chi connectivity index (χ0n) is 10.6. The van der Waals surface area contributed by atoms with E-state index in [0.29, 0.717) is 25.3 Å². The molecule has 100 valence electrons. The molecule has 2 atom stereocenters. The molecule has 0 aliphatic rings. The van der Waals surface area contributed by atoms with E-state index in [1.807, 2.05) is 30.3 Å². The monoisotopic (exact) mass is 268 g/mol. The second kappa shape index (κ2) is 8.00. The van der Waals surface area contributed by atoms with Crippen LogP contribution in [0.3, 0.4) is 0 Å². The molecule has 0 heterocycles. The number of amides is 1. The van der Waals surface area contributed by atoms with Gasteiger partial charge in [-0.25, -0.2) is 0 Å². The SMILES string of the molecule is CS(=O)CCNC(=O)C(CN)Cc1ccccc1. The van der Waals surface area contributed by atoms with Gasteiger partial charge in [-0.15, -0.1) is 0 Å². The average molecular weight is 268 g/mol. The van der Waals surface area contributed by atoms with Gasteiger partial charge in [-0.2, -0.15) is 0 Å². The molecule has 0 aliphatic heterocycles. The molecule has 0 bridgehead atoms. The first-order valence-corrected chi connectivity index (χ1v) is 7.68. The topological polar surface area (TPSA) is 72.2 Å². The second-order valence-corrected chi connectivity index (χ2v) is 5.75. The molecule has 0 aromatic heterocycles. The maximum atomic E-state index is 11.9. The Morgan fingerprint density at radius 3 is 2.61 bits per heavy atom. The van der Waals surface area contributed by atoms with Crippen LogP contribution in [0.15, 0.2) is 30.3 Å². The summed E-state index contributed by atoms with van der Waals surface area (Å²) >= 11 is 0. The first kappa shape index (κ1) is 14.9. The third kappa shape index (κ3) is 5.42. The molecular formula is C13H20N2O2S. The molecule has 1 aromatic rings. The fraction of sp³-hybridized carbons (Fsp3) is 0.462. The largest absolute Gasteiger partial charge is 0.355 e. The van der Waals surface area contributed by atoms with Gasteiger partial charge in [-0.1, -0.05) is 30.3 Å². The van der Waals surface area contributed by atoms with Crippen LogP contribution in [-0.2, 0) is 22.0 Å². The molecule has 4 nitrogen and oxygen atoms in total. The third-order valence-electron chi connectivity index (χ3n) is 2.67. The van der Waals surface area contributed by atoms with Crippen molar-refractivity contribution in [3.8, 4) is 0 Å². The number of nitrogens with two attached hydrogens (primary N) is 1. The van der Waals surface area contributed by atoms with Gasteiger partial charge in [-0.05, 0) is 12.0 Å². The number of benzene rings is 1. The number of hydrogen-bond donors (Lipinski definition) is 2. The van der Waals surface area contributed by atoms with Crippen molar-refractivity contribution in [1.82, 2.24) is 5.32 Å². The van der Waals surface area contributed by atoms with E-state index in [-0.39, 0.29) is 11.8 Å². The summed E-state index contributed by atoms with van der Waals surface area (Å²) in [4.78, 5) is 11.9. The number of rotatable bonds is 7. The van der Waals surface area contributed by atoms with Gasteiger partial charge < -0.3 is 11.1 Å². The van der Waals surface area contributed by atoms with Crippen molar-refractivity contribution in [2.75, 3.05) is 25.1 Å². The van der Waals surface area contributed by atoms with Crippen molar-refractivity contribution >= 4 is 16.7 Å². The van der Waals surface area contributed by atoms with Crippen LogP contribution in [0.25, 0.3) is 0 Å². The predicted octanol–water partition coefficient (Wildman–Crippen LogP) is 0.299. The quantitative estimate of drug-likeness (QED) is 0.747. The minimum atomic E-state index is -0.881. The average Bonchev–Trinajstić information content (AvgIpc) is 2.36. The van der Waals surface area contributed by atoms with Crippen molar-refractivity contribution < 1.29 is 9.00 Å². The summed E-state index contributed by atoms with van der Waals surface area (Å²) in [6.45, 7) is 0.753. The number of nitrogens with one attached hydrogen (secondary N) is 1. The highest BCUT2D eigenvalue weighted by molar-refractivity contribution is 7.84. The van der Waals surface area contributed by atoms with Crippen molar-refractivity contribution in [2.24, 2.45) is 11.7 Å². The molecule has 0 fully saturated rings. The Morgan fingerprint density at radius 1 is 1.39 bits per heavy atom. The van der Waals surface area contributed by atoms with Gasteiger partial charge in [0, 0.05) is 35.9 Å². The molecule has 0 radical (unpaired) electrons. The summed E-state index contributed by atoms with van der Waals surface area (Å²) in [5.41, 5.74) is 6.73. The van der Waals surface area contributed by atoms with Gasteiger partial charge in [0.1, 0.15) is 0 Å². The molecule has 5 heteroatoms. The lowest BCUT2D eigenvalue weighted by Crippen LogP contribution is -2.38. The summed E-state index contributed by atoms with van der Waals surface area (Å²) < 4.78 is 10.9. The zero-order chi connectivity index (χ0) is 13.4. The fourth-order valence-corrected chi connectivity index (χ4v) is 2.03. The molecule has 1 amide bonds. The van der Waals surface area contributed by atoms with Crippen LogP contribution in [0.4, 0.5) is 0 Å². The minimum absolute atomic E-state index is 0.0631. The van der Waals surface area contributed by atoms with E-state index < -0.39 is 10.8 Å². The van der Waals surface area contributed by atoms with E-state index in [2.05, 4.69) is 5.32 Å². The minimum Gasteiger partial charge on any atom is -0.355 e. The summed E-state index contributed by atoms with van der Waals surface area (Å²) in [5, 5.41) is 2.77. The Bertz CT molecular complexity index is 395. The summed E-state index contributed by atoms with van der Waals surface area (Å²) in [6.07, 6.45) is 2.26. The highest BCUT2D eigenvalue weighted by Gasteiger charge is 2.16. The van der Waals surface area contributed by atoms with Crippen LogP contribution in [0.2, 0.25) is 0 Å². The van der Waals surface area contributed by atoms with Crippen molar-refractivity contribution in [3.63, 3.8) is 0 Å². The van der Waals surface area contributed by atoms with Gasteiger partial charge >= 0.3 is 0 Å². The van der Waals surface area contributed by atoms with Gasteiger partial charge in [-0.3, -0.25) is 9.00 Å². The summed E-state index contributed by atoms with van der Waals surface area (Å²) in [6, 6.07) is 9.80. The third-order valence-corrected chi connectivity index (χ3v) is 3.45. The van der Waals surface area contributed by atoms with Crippen LogP contribution in [0.1, 0.15) is 5.56 Å². The molecule has 1 rings (SSSR count). The Labute approximate surface area is 110 Å². The maximum Gasteiger partial charge on any atom is 0.224 e. The summed E-state index contributed by atoms with van der Waals surface area (Å²) in [5.74, 6) is 0.193. The van der Waals surface area contributed by atoms with Crippen molar-refractivity contribution in [2.45, 2.75) is 6.42 Å². The van der Waals surface area contributed by atoms with E-state index in [9.17, 15) is 9.00 Å². The van der Waals surface area contributed by atoms with Gasteiger partial charge in [0.15, 0.2) is 0 Å².